The van der Waals surface area contributed by atoms with Gasteiger partial charge in [-0.15, -0.1) is 0 Å². The Bertz CT molecular complexity index is 80.7. The summed E-state index contributed by atoms with van der Waals surface area (Å²) in [5, 5.41) is 0. The van der Waals surface area contributed by atoms with E-state index in [2.05, 4.69) is 35.3 Å². The van der Waals surface area contributed by atoms with Crippen LogP contribution in [0.3, 0.4) is 0 Å². The molecule has 0 aliphatic heterocycles. The summed E-state index contributed by atoms with van der Waals surface area (Å²) in [6.07, 6.45) is 6.95. The Morgan fingerprint density at radius 3 is 1.78 bits per heavy atom. The van der Waals surface area contributed by atoms with E-state index in [4.69, 9.17) is 0 Å². The quantitative estimate of drug-likeness (QED) is 0.577. The fourth-order valence-corrected chi connectivity index (χ4v) is 3.14. The molecule has 0 aromatic heterocycles. The van der Waals surface area contributed by atoms with Gasteiger partial charge >= 0.3 is 65.3 Å². The summed E-state index contributed by atoms with van der Waals surface area (Å²) in [4.78, 5) is 0. The summed E-state index contributed by atoms with van der Waals surface area (Å²) < 4.78 is 4.78. The second-order valence-electron chi connectivity index (χ2n) is 2.00. The van der Waals surface area contributed by atoms with E-state index in [0.29, 0.717) is 0 Å². The number of allylic oxidation sites excluding steroid dienone is 2. The first kappa shape index (κ1) is 9.10. The van der Waals surface area contributed by atoms with Crippen molar-refractivity contribution < 1.29 is 17.1 Å². The van der Waals surface area contributed by atoms with Gasteiger partial charge in [0.1, 0.15) is 0 Å². The summed E-state index contributed by atoms with van der Waals surface area (Å²) in [5.41, 5.74) is 0. The van der Waals surface area contributed by atoms with Crippen LogP contribution < -0.4 is 0 Å². The first-order chi connectivity index (χ1) is 4.41. The summed E-state index contributed by atoms with van der Waals surface area (Å²) in [7, 11) is 0. The zero-order chi connectivity index (χ0) is 6.95. The van der Waals surface area contributed by atoms with Crippen LogP contribution in [0.25, 0.3) is 0 Å². The van der Waals surface area contributed by atoms with Gasteiger partial charge in [-0.05, 0) is 0 Å². The molecule has 0 radical (unpaired) electrons. The molecule has 0 heterocycles. The fourth-order valence-electron chi connectivity index (χ4n) is 0.604. The molecule has 0 bridgehead atoms. The zero-order valence-electron chi connectivity index (χ0n) is 6.43. The van der Waals surface area contributed by atoms with Crippen molar-refractivity contribution in [3.8, 4) is 0 Å². The molecule has 0 aromatic carbocycles. The van der Waals surface area contributed by atoms with Crippen LogP contribution in [-0.4, -0.2) is 0 Å². The molecule has 1 heteroatoms. The SMILES string of the molecule is CC/C=[CH]/[Zn]/[CH]=C/CC. The van der Waals surface area contributed by atoms with Crippen molar-refractivity contribution in [2.45, 2.75) is 26.7 Å². The van der Waals surface area contributed by atoms with Gasteiger partial charge in [0.25, 0.3) is 0 Å². The van der Waals surface area contributed by atoms with Crippen LogP contribution in [-0.2, 0) is 17.1 Å². The molecular formula is C8H14Zn. The number of rotatable bonds is 4. The normalized spacial score (nSPS) is 10.9. The maximum atomic E-state index is 2.39. The van der Waals surface area contributed by atoms with Gasteiger partial charge < -0.3 is 0 Å². The van der Waals surface area contributed by atoms with Crippen LogP contribution in [0.2, 0.25) is 0 Å². The van der Waals surface area contributed by atoms with Crippen LogP contribution in [0.5, 0.6) is 0 Å². The molecule has 48 valence electrons. The minimum atomic E-state index is -0.347. The Morgan fingerprint density at radius 2 is 1.44 bits per heavy atom. The molecule has 0 aromatic rings. The molecule has 0 atom stereocenters. The minimum absolute atomic E-state index is 0.347. The van der Waals surface area contributed by atoms with Gasteiger partial charge in [-0.25, -0.2) is 0 Å². The molecule has 0 N–H and O–H groups in total. The monoisotopic (exact) mass is 174 g/mol. The topological polar surface area (TPSA) is 0 Å². The molecule has 0 saturated carbocycles. The van der Waals surface area contributed by atoms with Crippen LogP contribution in [0.1, 0.15) is 26.7 Å². The summed E-state index contributed by atoms with van der Waals surface area (Å²) in [6, 6.07) is 0. The Labute approximate surface area is 65.6 Å². The Kier molecular flexibility index (Phi) is 8.20. The van der Waals surface area contributed by atoms with Crippen molar-refractivity contribution in [2.75, 3.05) is 0 Å². The Morgan fingerprint density at radius 1 is 1.00 bits per heavy atom. The molecule has 0 saturated heterocycles. The average molecular weight is 176 g/mol. The predicted octanol–water partition coefficient (Wildman–Crippen LogP) is 2.92. The Hall–Kier alpha value is 0.103. The molecule has 9 heavy (non-hydrogen) atoms. The molecule has 0 aliphatic carbocycles. The van der Waals surface area contributed by atoms with Crippen molar-refractivity contribution in [1.82, 2.24) is 0 Å². The van der Waals surface area contributed by atoms with Crippen molar-refractivity contribution in [1.29, 1.82) is 0 Å². The third kappa shape index (κ3) is 8.10. The van der Waals surface area contributed by atoms with Crippen LogP contribution >= 0.6 is 0 Å². The van der Waals surface area contributed by atoms with Gasteiger partial charge in [0.05, 0.1) is 0 Å². The fraction of sp³-hybridized carbons (Fsp3) is 0.500. The molecule has 0 fully saturated rings. The van der Waals surface area contributed by atoms with Crippen LogP contribution in [0.15, 0.2) is 21.5 Å². The van der Waals surface area contributed by atoms with Gasteiger partial charge in [0.15, 0.2) is 0 Å². The Balaban J connectivity index is 3.08. The van der Waals surface area contributed by atoms with Gasteiger partial charge in [-0.2, -0.15) is 0 Å². The van der Waals surface area contributed by atoms with Gasteiger partial charge in [0, 0.05) is 0 Å². The van der Waals surface area contributed by atoms with Crippen molar-refractivity contribution >= 4 is 0 Å². The van der Waals surface area contributed by atoms with E-state index < -0.39 is 0 Å². The molecular weight excluding hydrogens is 161 g/mol. The summed E-state index contributed by atoms with van der Waals surface area (Å²) >= 11 is -0.347. The van der Waals surface area contributed by atoms with E-state index in [-0.39, 0.29) is 17.1 Å². The first-order valence-electron chi connectivity index (χ1n) is 3.71. The summed E-state index contributed by atoms with van der Waals surface area (Å²) in [5.74, 6) is 0. The average Bonchev–Trinajstić information content (AvgIpc) is 1.89. The van der Waals surface area contributed by atoms with E-state index in [9.17, 15) is 0 Å². The van der Waals surface area contributed by atoms with Gasteiger partial charge in [-0.1, -0.05) is 0 Å². The van der Waals surface area contributed by atoms with E-state index >= 15 is 0 Å². The molecule has 0 rings (SSSR count). The standard InChI is InChI=1S/2C4H7.Zn/c2*1-3-4-2;/h2*1,3H,4H2,2H3;. The van der Waals surface area contributed by atoms with Crippen molar-refractivity contribution in [2.24, 2.45) is 0 Å². The molecule has 0 amide bonds. The van der Waals surface area contributed by atoms with E-state index in [1.54, 1.807) is 0 Å². The number of hydrogen-bond acceptors (Lipinski definition) is 0. The predicted molar refractivity (Wildman–Crippen MR) is 38.9 cm³/mol. The second kappa shape index (κ2) is 8.10. The first-order valence-corrected chi connectivity index (χ1v) is 7.14. The van der Waals surface area contributed by atoms with E-state index in [1.807, 2.05) is 0 Å². The van der Waals surface area contributed by atoms with Crippen molar-refractivity contribution in [3.63, 3.8) is 0 Å². The van der Waals surface area contributed by atoms with Crippen molar-refractivity contribution in [3.05, 3.63) is 21.5 Å². The molecule has 0 unspecified atom stereocenters. The molecule has 0 spiro atoms. The summed E-state index contributed by atoms with van der Waals surface area (Å²) in [6.45, 7) is 4.37. The van der Waals surface area contributed by atoms with Gasteiger partial charge in [-0.3, -0.25) is 0 Å². The zero-order valence-corrected chi connectivity index (χ0v) is 9.40. The second-order valence-corrected chi connectivity index (χ2v) is 4.96. The van der Waals surface area contributed by atoms with Gasteiger partial charge in [0.2, 0.25) is 0 Å². The maximum absolute atomic E-state index is 2.39. The van der Waals surface area contributed by atoms with E-state index in [0.717, 1.165) is 0 Å². The van der Waals surface area contributed by atoms with E-state index in [1.165, 1.54) is 12.8 Å². The molecule has 0 aliphatic rings. The molecule has 0 nitrogen and oxygen atoms in total. The third-order valence-corrected chi connectivity index (χ3v) is 3.62. The number of hydrogen-bond donors (Lipinski definition) is 0. The van der Waals surface area contributed by atoms with Crippen LogP contribution in [0.4, 0.5) is 0 Å². The van der Waals surface area contributed by atoms with Crippen LogP contribution in [0, 0.1) is 0 Å². The third-order valence-electron chi connectivity index (χ3n) is 1.08.